The van der Waals surface area contributed by atoms with Crippen molar-refractivity contribution in [3.63, 3.8) is 0 Å². The van der Waals surface area contributed by atoms with Crippen LogP contribution >= 0.6 is 27.3 Å². The highest BCUT2D eigenvalue weighted by molar-refractivity contribution is 9.10. The van der Waals surface area contributed by atoms with Gasteiger partial charge in [0.2, 0.25) is 0 Å². The number of hydrogen-bond donors (Lipinski definition) is 1. The summed E-state index contributed by atoms with van der Waals surface area (Å²) in [4.78, 5) is 0. The van der Waals surface area contributed by atoms with Gasteiger partial charge in [0, 0.05) is 15.4 Å². The first-order chi connectivity index (χ1) is 6.22. The van der Waals surface area contributed by atoms with E-state index >= 15 is 0 Å². The van der Waals surface area contributed by atoms with E-state index in [1.807, 2.05) is 0 Å². The Balaban J connectivity index is 2.27. The Morgan fingerprint density at radius 1 is 1.23 bits per heavy atom. The van der Waals surface area contributed by atoms with Crippen molar-refractivity contribution in [3.05, 3.63) is 20.8 Å². The molecule has 3 heteroatoms. The summed E-state index contributed by atoms with van der Waals surface area (Å²) in [5.74, 6) is 0. The van der Waals surface area contributed by atoms with E-state index < -0.39 is 0 Å². The zero-order valence-corrected chi connectivity index (χ0v) is 9.96. The molecule has 1 nitrogen and oxygen atoms in total. The van der Waals surface area contributed by atoms with Gasteiger partial charge in [0.05, 0.1) is 0 Å². The first kappa shape index (κ1) is 9.69. The molecule has 0 amide bonds. The first-order valence-corrected chi connectivity index (χ1v) is 6.47. The third-order valence-corrected chi connectivity index (χ3v) is 4.60. The second kappa shape index (κ2) is 3.71. The maximum atomic E-state index is 6.40. The van der Waals surface area contributed by atoms with Crippen LogP contribution in [0.2, 0.25) is 0 Å². The highest BCUT2D eigenvalue weighted by Gasteiger charge is 2.31. The smallest absolute Gasteiger partial charge is 0.0429 e. The van der Waals surface area contributed by atoms with Crippen LogP contribution in [0.1, 0.15) is 37.7 Å². The standard InChI is InChI=1S/C10H14BrNS/c11-9-7-13-6-8(9)10(12)4-2-1-3-5-10/h6-7H,1-5,12H2. The summed E-state index contributed by atoms with van der Waals surface area (Å²) in [6, 6.07) is 0. The Hall–Kier alpha value is 0.140. The third kappa shape index (κ3) is 1.83. The predicted octanol–water partition coefficient (Wildman–Crippen LogP) is 3.63. The van der Waals surface area contributed by atoms with E-state index in [0.717, 1.165) is 12.8 Å². The molecule has 0 radical (unpaired) electrons. The van der Waals surface area contributed by atoms with E-state index in [9.17, 15) is 0 Å². The van der Waals surface area contributed by atoms with Crippen LogP contribution in [0.3, 0.4) is 0 Å². The topological polar surface area (TPSA) is 26.0 Å². The van der Waals surface area contributed by atoms with E-state index in [4.69, 9.17) is 5.73 Å². The molecule has 1 heterocycles. The summed E-state index contributed by atoms with van der Waals surface area (Å²) in [5, 5.41) is 4.31. The van der Waals surface area contributed by atoms with E-state index in [1.165, 1.54) is 29.3 Å². The third-order valence-electron chi connectivity index (χ3n) is 2.90. The summed E-state index contributed by atoms with van der Waals surface area (Å²) >= 11 is 5.30. The van der Waals surface area contributed by atoms with Crippen molar-refractivity contribution in [1.82, 2.24) is 0 Å². The molecule has 1 aromatic heterocycles. The molecule has 72 valence electrons. The molecule has 2 rings (SSSR count). The lowest BCUT2D eigenvalue weighted by Crippen LogP contribution is -2.38. The van der Waals surface area contributed by atoms with Gasteiger partial charge in [-0.3, -0.25) is 0 Å². The summed E-state index contributed by atoms with van der Waals surface area (Å²) in [7, 11) is 0. The number of halogens is 1. The van der Waals surface area contributed by atoms with Gasteiger partial charge in [-0.05, 0) is 39.7 Å². The van der Waals surface area contributed by atoms with E-state index in [-0.39, 0.29) is 5.54 Å². The van der Waals surface area contributed by atoms with Crippen LogP contribution in [0, 0.1) is 0 Å². The van der Waals surface area contributed by atoms with Gasteiger partial charge in [-0.2, -0.15) is 11.3 Å². The zero-order valence-electron chi connectivity index (χ0n) is 7.55. The Labute approximate surface area is 91.5 Å². The normalized spacial score (nSPS) is 21.7. The lowest BCUT2D eigenvalue weighted by atomic mass is 9.79. The van der Waals surface area contributed by atoms with Crippen molar-refractivity contribution in [2.24, 2.45) is 5.73 Å². The largest absolute Gasteiger partial charge is 0.321 e. The van der Waals surface area contributed by atoms with Gasteiger partial charge in [-0.15, -0.1) is 0 Å². The lowest BCUT2D eigenvalue weighted by molar-refractivity contribution is 0.302. The molecule has 0 aliphatic heterocycles. The molecule has 1 saturated carbocycles. The fourth-order valence-electron chi connectivity index (χ4n) is 2.09. The van der Waals surface area contributed by atoms with Gasteiger partial charge in [0.1, 0.15) is 0 Å². The molecule has 2 N–H and O–H groups in total. The number of hydrogen-bond acceptors (Lipinski definition) is 2. The minimum atomic E-state index is -0.0446. The zero-order chi connectivity index (χ0) is 9.31. The molecular weight excluding hydrogens is 246 g/mol. The van der Waals surface area contributed by atoms with Gasteiger partial charge in [-0.25, -0.2) is 0 Å². The Morgan fingerprint density at radius 3 is 2.46 bits per heavy atom. The van der Waals surface area contributed by atoms with E-state index in [1.54, 1.807) is 11.3 Å². The molecule has 0 saturated heterocycles. The van der Waals surface area contributed by atoms with Crippen LogP contribution in [-0.4, -0.2) is 0 Å². The summed E-state index contributed by atoms with van der Waals surface area (Å²) in [5.41, 5.74) is 7.67. The number of thiophene rings is 1. The van der Waals surface area contributed by atoms with Gasteiger partial charge >= 0.3 is 0 Å². The van der Waals surface area contributed by atoms with Crippen LogP contribution in [-0.2, 0) is 5.54 Å². The summed E-state index contributed by atoms with van der Waals surface area (Å²) < 4.78 is 1.20. The average Bonchev–Trinajstić information content (AvgIpc) is 2.53. The minimum absolute atomic E-state index is 0.0446. The van der Waals surface area contributed by atoms with Gasteiger partial charge in [-0.1, -0.05) is 19.3 Å². The molecule has 0 aromatic carbocycles. The summed E-state index contributed by atoms with van der Waals surface area (Å²) in [6.07, 6.45) is 6.18. The molecule has 1 aromatic rings. The number of nitrogens with two attached hydrogens (primary N) is 1. The summed E-state index contributed by atoms with van der Waals surface area (Å²) in [6.45, 7) is 0. The minimum Gasteiger partial charge on any atom is -0.321 e. The van der Waals surface area contributed by atoms with Gasteiger partial charge in [0.25, 0.3) is 0 Å². The highest BCUT2D eigenvalue weighted by Crippen LogP contribution is 2.39. The first-order valence-electron chi connectivity index (χ1n) is 4.73. The molecule has 1 aliphatic carbocycles. The van der Waals surface area contributed by atoms with Crippen molar-refractivity contribution in [1.29, 1.82) is 0 Å². The molecule has 0 atom stereocenters. The average molecular weight is 260 g/mol. The second-order valence-corrected chi connectivity index (χ2v) is 5.45. The quantitative estimate of drug-likeness (QED) is 0.819. The van der Waals surface area contributed by atoms with Gasteiger partial charge in [0.15, 0.2) is 0 Å². The molecule has 1 fully saturated rings. The molecule has 0 bridgehead atoms. The molecule has 1 aliphatic rings. The van der Waals surface area contributed by atoms with Crippen LogP contribution < -0.4 is 5.73 Å². The molecule has 13 heavy (non-hydrogen) atoms. The maximum absolute atomic E-state index is 6.40. The highest BCUT2D eigenvalue weighted by atomic mass is 79.9. The van der Waals surface area contributed by atoms with E-state index in [2.05, 4.69) is 26.7 Å². The molecule has 0 spiro atoms. The van der Waals surface area contributed by atoms with Crippen LogP contribution in [0.4, 0.5) is 0 Å². The van der Waals surface area contributed by atoms with Crippen molar-refractivity contribution in [3.8, 4) is 0 Å². The van der Waals surface area contributed by atoms with Gasteiger partial charge < -0.3 is 5.73 Å². The monoisotopic (exact) mass is 259 g/mol. The van der Waals surface area contributed by atoms with Crippen LogP contribution in [0.5, 0.6) is 0 Å². The lowest BCUT2D eigenvalue weighted by Gasteiger charge is -2.33. The second-order valence-electron chi connectivity index (χ2n) is 3.85. The number of rotatable bonds is 1. The Bertz CT molecular complexity index is 289. The van der Waals surface area contributed by atoms with Crippen molar-refractivity contribution in [2.45, 2.75) is 37.6 Å². The molecular formula is C10H14BrNS. The van der Waals surface area contributed by atoms with Crippen molar-refractivity contribution < 1.29 is 0 Å². The van der Waals surface area contributed by atoms with Crippen LogP contribution in [0.25, 0.3) is 0 Å². The maximum Gasteiger partial charge on any atom is 0.0429 e. The molecule has 0 unspecified atom stereocenters. The van der Waals surface area contributed by atoms with Crippen molar-refractivity contribution in [2.75, 3.05) is 0 Å². The van der Waals surface area contributed by atoms with Crippen molar-refractivity contribution >= 4 is 27.3 Å². The fraction of sp³-hybridized carbons (Fsp3) is 0.600. The SMILES string of the molecule is NC1(c2cscc2Br)CCCCC1. The predicted molar refractivity (Wildman–Crippen MR) is 61.0 cm³/mol. The fourth-order valence-corrected chi connectivity index (χ4v) is 3.89. The van der Waals surface area contributed by atoms with Crippen LogP contribution in [0.15, 0.2) is 15.2 Å². The Morgan fingerprint density at radius 2 is 1.92 bits per heavy atom. The Kier molecular flexibility index (Phi) is 2.77. The van der Waals surface area contributed by atoms with E-state index in [0.29, 0.717) is 0 Å².